The molecule has 2 unspecified atom stereocenters. The van der Waals surface area contributed by atoms with E-state index in [0.717, 1.165) is 25.8 Å². The second-order valence-corrected chi connectivity index (χ2v) is 5.12. The minimum Gasteiger partial charge on any atom is -0.506 e. The van der Waals surface area contributed by atoms with Crippen LogP contribution in [-0.2, 0) is 0 Å². The fourth-order valence-electron chi connectivity index (χ4n) is 2.71. The summed E-state index contributed by atoms with van der Waals surface area (Å²) in [5, 5.41) is 9.41. The number of carbonyl (C=O) groups is 1. The van der Waals surface area contributed by atoms with E-state index in [4.69, 9.17) is 5.73 Å². The van der Waals surface area contributed by atoms with Gasteiger partial charge in [-0.05, 0) is 24.8 Å². The fourth-order valence-corrected chi connectivity index (χ4v) is 2.71. The van der Waals surface area contributed by atoms with E-state index < -0.39 is 0 Å². The van der Waals surface area contributed by atoms with Crippen molar-refractivity contribution < 1.29 is 9.90 Å². The molecule has 104 valence electrons. The van der Waals surface area contributed by atoms with Gasteiger partial charge in [-0.2, -0.15) is 0 Å². The molecule has 5 nitrogen and oxygen atoms in total. The first-order valence-corrected chi connectivity index (χ1v) is 6.80. The Kier molecular flexibility index (Phi) is 4.37. The summed E-state index contributed by atoms with van der Waals surface area (Å²) in [6, 6.07) is 1.54. The maximum atomic E-state index is 12.4. The standard InChI is InChI=1S/C14H21N3O2/c1-2-10-3-4-17(12(5-10)7-15)14(19)11-6-13(18)9-16-8-11/h6,8-10,12,18H,2-5,7,15H2,1H3. The average molecular weight is 263 g/mol. The van der Waals surface area contributed by atoms with Gasteiger partial charge in [0.2, 0.25) is 0 Å². The smallest absolute Gasteiger partial charge is 0.255 e. The average Bonchev–Trinajstić information content (AvgIpc) is 2.45. The summed E-state index contributed by atoms with van der Waals surface area (Å²) in [4.78, 5) is 18.1. The maximum absolute atomic E-state index is 12.4. The van der Waals surface area contributed by atoms with Crippen LogP contribution in [0.5, 0.6) is 5.75 Å². The van der Waals surface area contributed by atoms with Gasteiger partial charge in [0, 0.05) is 25.3 Å². The number of nitrogens with zero attached hydrogens (tertiary/aromatic N) is 2. The Morgan fingerprint density at radius 2 is 2.37 bits per heavy atom. The van der Waals surface area contributed by atoms with Crippen molar-refractivity contribution in [3.05, 3.63) is 24.0 Å². The highest BCUT2D eigenvalue weighted by Gasteiger charge is 2.30. The molecule has 2 atom stereocenters. The third-order valence-electron chi connectivity index (χ3n) is 3.91. The summed E-state index contributed by atoms with van der Waals surface area (Å²) in [6.07, 6.45) is 5.92. The molecule has 1 aromatic rings. The normalized spacial score (nSPS) is 23.4. The van der Waals surface area contributed by atoms with Crippen molar-refractivity contribution in [2.24, 2.45) is 11.7 Å². The van der Waals surface area contributed by atoms with Gasteiger partial charge in [0.1, 0.15) is 5.75 Å². The van der Waals surface area contributed by atoms with E-state index in [0.29, 0.717) is 18.0 Å². The Morgan fingerprint density at radius 1 is 1.58 bits per heavy atom. The van der Waals surface area contributed by atoms with Crippen LogP contribution in [0.3, 0.4) is 0 Å². The van der Waals surface area contributed by atoms with E-state index in [1.807, 2.05) is 4.90 Å². The van der Waals surface area contributed by atoms with Crippen LogP contribution in [0.2, 0.25) is 0 Å². The van der Waals surface area contributed by atoms with Crippen LogP contribution in [0, 0.1) is 5.92 Å². The maximum Gasteiger partial charge on any atom is 0.255 e. The zero-order chi connectivity index (χ0) is 13.8. The molecule has 0 aliphatic carbocycles. The molecule has 1 aliphatic rings. The number of nitrogens with two attached hydrogens (primary N) is 1. The molecule has 1 amide bonds. The molecular formula is C14H21N3O2. The van der Waals surface area contributed by atoms with Crippen LogP contribution in [0.1, 0.15) is 36.5 Å². The minimum absolute atomic E-state index is 0.0126. The topological polar surface area (TPSA) is 79.5 Å². The lowest BCUT2D eigenvalue weighted by molar-refractivity contribution is 0.0557. The van der Waals surface area contributed by atoms with Crippen molar-refractivity contribution in [2.75, 3.05) is 13.1 Å². The van der Waals surface area contributed by atoms with E-state index in [1.165, 1.54) is 18.5 Å². The monoisotopic (exact) mass is 263 g/mol. The summed E-state index contributed by atoms with van der Waals surface area (Å²) < 4.78 is 0. The molecule has 2 heterocycles. The summed E-state index contributed by atoms with van der Waals surface area (Å²) in [7, 11) is 0. The Morgan fingerprint density at radius 3 is 3.00 bits per heavy atom. The molecule has 2 rings (SSSR count). The first-order valence-electron chi connectivity index (χ1n) is 6.80. The zero-order valence-electron chi connectivity index (χ0n) is 11.2. The van der Waals surface area contributed by atoms with Crippen LogP contribution < -0.4 is 5.73 Å². The SMILES string of the molecule is CCC1CCN(C(=O)c2cncc(O)c2)C(CN)C1. The summed E-state index contributed by atoms with van der Waals surface area (Å²) >= 11 is 0. The third-order valence-corrected chi connectivity index (χ3v) is 3.91. The number of pyridine rings is 1. The molecule has 1 aliphatic heterocycles. The lowest BCUT2D eigenvalue weighted by Crippen LogP contribution is -2.49. The van der Waals surface area contributed by atoms with Crippen LogP contribution in [0.15, 0.2) is 18.5 Å². The molecule has 0 spiro atoms. The Hall–Kier alpha value is -1.62. The first kappa shape index (κ1) is 13.8. The predicted octanol–water partition coefficient (Wildman–Crippen LogP) is 1.38. The molecule has 19 heavy (non-hydrogen) atoms. The summed E-state index contributed by atoms with van der Waals surface area (Å²) in [6.45, 7) is 3.39. The highest BCUT2D eigenvalue weighted by atomic mass is 16.3. The highest BCUT2D eigenvalue weighted by molar-refractivity contribution is 5.94. The Bertz CT molecular complexity index is 450. The molecule has 0 aromatic carbocycles. The number of hydrogen-bond donors (Lipinski definition) is 2. The minimum atomic E-state index is -0.0894. The third kappa shape index (κ3) is 3.04. The Labute approximate surface area is 113 Å². The molecular weight excluding hydrogens is 242 g/mol. The fraction of sp³-hybridized carbons (Fsp3) is 0.571. The van der Waals surface area contributed by atoms with Gasteiger partial charge in [0.25, 0.3) is 5.91 Å². The molecule has 3 N–H and O–H groups in total. The van der Waals surface area contributed by atoms with Gasteiger partial charge >= 0.3 is 0 Å². The van der Waals surface area contributed by atoms with E-state index in [-0.39, 0.29) is 17.7 Å². The van der Waals surface area contributed by atoms with E-state index in [9.17, 15) is 9.90 Å². The molecule has 5 heteroatoms. The number of piperidine rings is 1. The van der Waals surface area contributed by atoms with Gasteiger partial charge in [0.05, 0.1) is 11.8 Å². The van der Waals surface area contributed by atoms with Crippen LogP contribution in [0.4, 0.5) is 0 Å². The number of rotatable bonds is 3. The quantitative estimate of drug-likeness (QED) is 0.863. The number of likely N-dealkylation sites (tertiary alicyclic amines) is 1. The van der Waals surface area contributed by atoms with Crippen LogP contribution in [0.25, 0.3) is 0 Å². The van der Waals surface area contributed by atoms with Crippen molar-refractivity contribution in [1.82, 2.24) is 9.88 Å². The van der Waals surface area contributed by atoms with Crippen LogP contribution >= 0.6 is 0 Å². The molecule has 0 saturated carbocycles. The second-order valence-electron chi connectivity index (χ2n) is 5.12. The number of carbonyl (C=O) groups excluding carboxylic acids is 1. The van der Waals surface area contributed by atoms with Gasteiger partial charge in [-0.15, -0.1) is 0 Å². The molecule has 1 aromatic heterocycles. The molecule has 0 bridgehead atoms. The highest BCUT2D eigenvalue weighted by Crippen LogP contribution is 2.26. The molecule has 1 saturated heterocycles. The van der Waals surface area contributed by atoms with E-state index in [2.05, 4.69) is 11.9 Å². The van der Waals surface area contributed by atoms with Gasteiger partial charge in [-0.25, -0.2) is 0 Å². The van der Waals surface area contributed by atoms with E-state index >= 15 is 0 Å². The lowest BCUT2D eigenvalue weighted by atomic mass is 9.88. The largest absolute Gasteiger partial charge is 0.506 e. The van der Waals surface area contributed by atoms with Crippen molar-refractivity contribution in [3.8, 4) is 5.75 Å². The van der Waals surface area contributed by atoms with E-state index in [1.54, 1.807) is 0 Å². The number of amides is 1. The van der Waals surface area contributed by atoms with Gasteiger partial charge in [-0.3, -0.25) is 9.78 Å². The first-order chi connectivity index (χ1) is 9.15. The number of aromatic nitrogens is 1. The number of aromatic hydroxyl groups is 1. The van der Waals surface area contributed by atoms with Gasteiger partial charge in [0.15, 0.2) is 0 Å². The lowest BCUT2D eigenvalue weighted by Gasteiger charge is -2.38. The van der Waals surface area contributed by atoms with Gasteiger partial charge < -0.3 is 15.7 Å². The van der Waals surface area contributed by atoms with Gasteiger partial charge in [-0.1, -0.05) is 13.3 Å². The van der Waals surface area contributed by atoms with Crippen molar-refractivity contribution in [2.45, 2.75) is 32.2 Å². The molecule has 0 radical (unpaired) electrons. The second kappa shape index (κ2) is 6.02. The van der Waals surface area contributed by atoms with Crippen molar-refractivity contribution in [3.63, 3.8) is 0 Å². The summed E-state index contributed by atoms with van der Waals surface area (Å²) in [5.74, 6) is 0.576. The Balaban J connectivity index is 2.14. The number of hydrogen-bond acceptors (Lipinski definition) is 4. The van der Waals surface area contributed by atoms with Crippen molar-refractivity contribution in [1.29, 1.82) is 0 Å². The van der Waals surface area contributed by atoms with Crippen molar-refractivity contribution >= 4 is 5.91 Å². The molecule has 1 fully saturated rings. The zero-order valence-corrected chi connectivity index (χ0v) is 11.2. The summed E-state index contributed by atoms with van der Waals surface area (Å²) in [5.41, 5.74) is 6.22. The van der Waals surface area contributed by atoms with Crippen LogP contribution in [-0.4, -0.2) is 40.0 Å². The predicted molar refractivity (Wildman–Crippen MR) is 72.8 cm³/mol.